The fourth-order valence-corrected chi connectivity index (χ4v) is 2.27. The molecule has 0 bridgehead atoms. The average molecular weight is 183 g/mol. The van der Waals surface area contributed by atoms with Crippen molar-refractivity contribution in [3.8, 4) is 0 Å². The topological polar surface area (TPSA) is 57.6 Å². The summed E-state index contributed by atoms with van der Waals surface area (Å²) in [6.45, 7) is 0. The Labute approximate surface area is 76.5 Å². The number of nitrogens with zero attached hydrogens (tertiary/aromatic N) is 1. The monoisotopic (exact) mass is 183 g/mol. The SMILES string of the molecule is O=C(O)C1CCCCC2CC(=O)N21. The maximum atomic E-state index is 11.2. The molecule has 4 nitrogen and oxygen atoms in total. The van der Waals surface area contributed by atoms with E-state index in [0.717, 1.165) is 19.3 Å². The summed E-state index contributed by atoms with van der Waals surface area (Å²) in [5, 5.41) is 8.91. The molecule has 2 rings (SSSR count). The third-order valence-electron chi connectivity index (χ3n) is 2.98. The van der Waals surface area contributed by atoms with Crippen molar-refractivity contribution in [1.29, 1.82) is 0 Å². The molecule has 0 radical (unpaired) electrons. The number of hydrogen-bond acceptors (Lipinski definition) is 2. The van der Waals surface area contributed by atoms with Gasteiger partial charge in [-0.15, -0.1) is 0 Å². The van der Waals surface area contributed by atoms with E-state index in [1.807, 2.05) is 0 Å². The quantitative estimate of drug-likeness (QED) is 0.606. The molecule has 2 aliphatic rings. The van der Waals surface area contributed by atoms with Crippen LogP contribution in [0.3, 0.4) is 0 Å². The number of carbonyl (C=O) groups is 2. The van der Waals surface area contributed by atoms with Gasteiger partial charge in [0, 0.05) is 12.5 Å². The van der Waals surface area contributed by atoms with E-state index in [1.54, 1.807) is 4.90 Å². The van der Waals surface area contributed by atoms with Crippen molar-refractivity contribution in [2.45, 2.75) is 44.2 Å². The van der Waals surface area contributed by atoms with Crippen LogP contribution in [0, 0.1) is 0 Å². The molecule has 0 aromatic rings. The molecule has 2 atom stereocenters. The highest BCUT2D eigenvalue weighted by Gasteiger charge is 2.44. The van der Waals surface area contributed by atoms with Crippen molar-refractivity contribution < 1.29 is 14.7 Å². The van der Waals surface area contributed by atoms with Crippen LogP contribution < -0.4 is 0 Å². The van der Waals surface area contributed by atoms with Crippen molar-refractivity contribution >= 4 is 11.9 Å². The van der Waals surface area contributed by atoms with Crippen molar-refractivity contribution in [1.82, 2.24) is 4.90 Å². The van der Waals surface area contributed by atoms with Crippen molar-refractivity contribution in [2.24, 2.45) is 0 Å². The summed E-state index contributed by atoms with van der Waals surface area (Å²) in [4.78, 5) is 23.6. The second kappa shape index (κ2) is 3.01. The van der Waals surface area contributed by atoms with Crippen LogP contribution in [0.4, 0.5) is 0 Å². The van der Waals surface area contributed by atoms with Gasteiger partial charge in [0.1, 0.15) is 6.04 Å². The number of carbonyl (C=O) groups excluding carboxylic acids is 1. The minimum Gasteiger partial charge on any atom is -0.480 e. The van der Waals surface area contributed by atoms with Crippen LogP contribution in [-0.4, -0.2) is 34.0 Å². The normalized spacial score (nSPS) is 33.2. The summed E-state index contributed by atoms with van der Waals surface area (Å²) in [6.07, 6.45) is 4.15. The Hall–Kier alpha value is -1.06. The van der Waals surface area contributed by atoms with Gasteiger partial charge in [-0.1, -0.05) is 12.8 Å². The molecule has 0 spiro atoms. The van der Waals surface area contributed by atoms with Crippen LogP contribution in [0.2, 0.25) is 0 Å². The molecule has 2 unspecified atom stereocenters. The molecule has 2 fully saturated rings. The Morgan fingerprint density at radius 3 is 2.69 bits per heavy atom. The third kappa shape index (κ3) is 1.30. The maximum absolute atomic E-state index is 11.2. The second-order valence-electron chi connectivity index (χ2n) is 3.80. The molecule has 0 saturated carbocycles. The van der Waals surface area contributed by atoms with E-state index in [1.165, 1.54) is 0 Å². The maximum Gasteiger partial charge on any atom is 0.326 e. The van der Waals surface area contributed by atoms with Crippen molar-refractivity contribution in [2.75, 3.05) is 0 Å². The van der Waals surface area contributed by atoms with Gasteiger partial charge >= 0.3 is 5.97 Å². The minimum absolute atomic E-state index is 0.0132. The van der Waals surface area contributed by atoms with E-state index in [-0.39, 0.29) is 11.9 Å². The van der Waals surface area contributed by atoms with Crippen LogP contribution in [0.1, 0.15) is 32.1 Å². The summed E-state index contributed by atoms with van der Waals surface area (Å²) in [5.41, 5.74) is 0. The summed E-state index contributed by atoms with van der Waals surface area (Å²) >= 11 is 0. The fourth-order valence-electron chi connectivity index (χ4n) is 2.27. The van der Waals surface area contributed by atoms with Gasteiger partial charge in [-0.3, -0.25) is 4.79 Å². The lowest BCUT2D eigenvalue weighted by molar-refractivity contribution is -0.161. The molecule has 2 aliphatic heterocycles. The number of carboxylic acid groups (broad SMARTS) is 1. The van der Waals surface area contributed by atoms with Gasteiger partial charge < -0.3 is 10.0 Å². The molecular weight excluding hydrogens is 170 g/mol. The lowest BCUT2D eigenvalue weighted by atomic mass is 9.97. The minimum atomic E-state index is -0.847. The summed E-state index contributed by atoms with van der Waals surface area (Å²) < 4.78 is 0. The number of rotatable bonds is 1. The lowest BCUT2D eigenvalue weighted by Crippen LogP contribution is -2.58. The van der Waals surface area contributed by atoms with Crippen molar-refractivity contribution in [3.63, 3.8) is 0 Å². The van der Waals surface area contributed by atoms with Crippen LogP contribution in [0.5, 0.6) is 0 Å². The summed E-state index contributed by atoms with van der Waals surface area (Å²) in [6, 6.07) is -0.329. The van der Waals surface area contributed by atoms with E-state index in [4.69, 9.17) is 5.11 Å². The summed E-state index contributed by atoms with van der Waals surface area (Å²) in [7, 11) is 0. The number of carboxylic acids is 1. The number of hydrogen-bond donors (Lipinski definition) is 1. The highest BCUT2D eigenvalue weighted by Crippen LogP contribution is 2.32. The molecule has 2 heterocycles. The number of β-lactam (4-membered cyclic amide) rings is 1. The first-order valence-electron chi connectivity index (χ1n) is 4.74. The van der Waals surface area contributed by atoms with Gasteiger partial charge in [0.15, 0.2) is 0 Å². The Kier molecular flexibility index (Phi) is 1.98. The Balaban J connectivity index is 2.14. The van der Waals surface area contributed by atoms with E-state index < -0.39 is 12.0 Å². The Bertz CT molecular complexity index is 243. The van der Waals surface area contributed by atoms with E-state index in [9.17, 15) is 9.59 Å². The molecule has 0 aliphatic carbocycles. The number of fused-ring (bicyclic) bond motifs is 1. The van der Waals surface area contributed by atoms with Gasteiger partial charge in [0.25, 0.3) is 0 Å². The second-order valence-corrected chi connectivity index (χ2v) is 3.80. The molecule has 0 aromatic heterocycles. The molecule has 1 amide bonds. The predicted octanol–water partition coefficient (Wildman–Crippen LogP) is 0.615. The highest BCUT2D eigenvalue weighted by atomic mass is 16.4. The summed E-state index contributed by atoms with van der Waals surface area (Å²) in [5.74, 6) is -0.834. The number of aliphatic carboxylic acids is 1. The smallest absolute Gasteiger partial charge is 0.326 e. The molecule has 72 valence electrons. The van der Waals surface area contributed by atoms with Crippen LogP contribution in [-0.2, 0) is 9.59 Å². The highest BCUT2D eigenvalue weighted by molar-refractivity contribution is 5.88. The van der Waals surface area contributed by atoms with Gasteiger partial charge in [-0.2, -0.15) is 0 Å². The van der Waals surface area contributed by atoms with Crippen LogP contribution in [0.25, 0.3) is 0 Å². The molecule has 13 heavy (non-hydrogen) atoms. The molecule has 1 N–H and O–H groups in total. The largest absolute Gasteiger partial charge is 0.480 e. The third-order valence-corrected chi connectivity index (χ3v) is 2.98. The van der Waals surface area contributed by atoms with Gasteiger partial charge in [0.2, 0.25) is 5.91 Å². The van der Waals surface area contributed by atoms with Crippen molar-refractivity contribution in [3.05, 3.63) is 0 Å². The first-order valence-corrected chi connectivity index (χ1v) is 4.74. The molecular formula is C9H13NO3. The zero-order valence-corrected chi connectivity index (χ0v) is 7.40. The van der Waals surface area contributed by atoms with E-state index >= 15 is 0 Å². The van der Waals surface area contributed by atoms with E-state index in [0.29, 0.717) is 12.8 Å². The van der Waals surface area contributed by atoms with E-state index in [2.05, 4.69) is 0 Å². The predicted molar refractivity (Wildman–Crippen MR) is 45.1 cm³/mol. The Morgan fingerprint density at radius 2 is 2.08 bits per heavy atom. The number of amides is 1. The first kappa shape index (κ1) is 8.53. The lowest BCUT2D eigenvalue weighted by Gasteiger charge is -2.42. The molecule has 2 saturated heterocycles. The van der Waals surface area contributed by atoms with Gasteiger partial charge in [-0.25, -0.2) is 4.79 Å². The van der Waals surface area contributed by atoms with Crippen LogP contribution >= 0.6 is 0 Å². The molecule has 0 aromatic carbocycles. The fraction of sp³-hybridized carbons (Fsp3) is 0.778. The average Bonchev–Trinajstić information content (AvgIpc) is 2.22. The Morgan fingerprint density at radius 1 is 1.38 bits per heavy atom. The van der Waals surface area contributed by atoms with Gasteiger partial charge in [0.05, 0.1) is 0 Å². The zero-order chi connectivity index (χ0) is 9.42. The molecule has 4 heteroatoms. The van der Waals surface area contributed by atoms with Gasteiger partial charge in [-0.05, 0) is 12.8 Å². The first-order chi connectivity index (χ1) is 6.20. The van der Waals surface area contributed by atoms with Crippen LogP contribution in [0.15, 0.2) is 0 Å². The standard InChI is InChI=1S/C9H13NO3/c11-8-5-6-3-1-2-4-7(9(12)13)10(6)8/h6-7H,1-5H2,(H,12,13). The zero-order valence-electron chi connectivity index (χ0n) is 7.40.